The minimum absolute atomic E-state index is 0.0838. The minimum Gasteiger partial charge on any atom is -0.491 e. The van der Waals surface area contributed by atoms with Crippen molar-refractivity contribution in [2.75, 3.05) is 47.0 Å². The van der Waals surface area contributed by atoms with Crippen LogP contribution in [0.15, 0.2) is 54.6 Å². The molecule has 0 aliphatic heterocycles. The average molecular weight is 424 g/mol. The van der Waals surface area contributed by atoms with Crippen molar-refractivity contribution >= 4 is 5.91 Å². The molecule has 0 N–H and O–H groups in total. The number of ether oxygens (including phenoxy) is 2. The largest absolute Gasteiger partial charge is 0.491 e. The number of likely N-dealkylation sites (N-methyl/N-ethyl adjacent to an activating group) is 1. The number of carbonyl (C=O) groups is 1. The summed E-state index contributed by atoms with van der Waals surface area (Å²) in [5.41, 5.74) is -0.307. The Balaban J connectivity index is 1.89. The number of rotatable bonds is 11. The summed E-state index contributed by atoms with van der Waals surface area (Å²) in [6.07, 6.45) is -4.42. The number of hydrogen-bond acceptors (Lipinski definition) is 4. The van der Waals surface area contributed by atoms with Crippen LogP contribution in [0.2, 0.25) is 0 Å². The molecule has 2 aromatic carbocycles. The van der Waals surface area contributed by atoms with Gasteiger partial charge in [0.05, 0.1) is 12.2 Å². The molecular formula is C22H27F3N2O3. The highest BCUT2D eigenvalue weighted by Crippen LogP contribution is 2.29. The van der Waals surface area contributed by atoms with Crippen LogP contribution in [0, 0.1) is 0 Å². The number of benzene rings is 2. The first-order valence-corrected chi connectivity index (χ1v) is 9.60. The topological polar surface area (TPSA) is 42.0 Å². The molecule has 0 saturated carbocycles. The van der Waals surface area contributed by atoms with Gasteiger partial charge in [-0.25, -0.2) is 0 Å². The molecule has 1 amide bonds. The van der Waals surface area contributed by atoms with Crippen molar-refractivity contribution in [3.8, 4) is 5.75 Å². The van der Waals surface area contributed by atoms with Gasteiger partial charge in [0, 0.05) is 19.6 Å². The van der Waals surface area contributed by atoms with Gasteiger partial charge in [-0.2, -0.15) is 13.2 Å². The SMILES string of the molecule is CN(C)CCN(Cc1cccc(C(F)(F)F)c1)C(=O)COCCOc1ccccc1. The Labute approximate surface area is 175 Å². The lowest BCUT2D eigenvalue weighted by Crippen LogP contribution is -2.38. The zero-order chi connectivity index (χ0) is 22.0. The van der Waals surface area contributed by atoms with Crippen LogP contribution in [-0.4, -0.2) is 62.7 Å². The van der Waals surface area contributed by atoms with Gasteiger partial charge < -0.3 is 19.3 Å². The molecule has 5 nitrogen and oxygen atoms in total. The highest BCUT2D eigenvalue weighted by atomic mass is 19.4. The summed E-state index contributed by atoms with van der Waals surface area (Å²) in [6.45, 7) is 1.41. The Morgan fingerprint density at radius 3 is 2.37 bits per heavy atom. The molecule has 8 heteroatoms. The third-order valence-electron chi connectivity index (χ3n) is 4.26. The van der Waals surface area contributed by atoms with Crippen molar-refractivity contribution in [2.24, 2.45) is 0 Å². The molecule has 0 aromatic heterocycles. The lowest BCUT2D eigenvalue weighted by Gasteiger charge is -2.25. The Kier molecular flexibility index (Phi) is 9.14. The van der Waals surface area contributed by atoms with Gasteiger partial charge in [-0.1, -0.05) is 30.3 Å². The quantitative estimate of drug-likeness (QED) is 0.516. The summed E-state index contributed by atoms with van der Waals surface area (Å²) in [5.74, 6) is 0.429. The smallest absolute Gasteiger partial charge is 0.416 e. The van der Waals surface area contributed by atoms with Crippen LogP contribution < -0.4 is 4.74 Å². The standard InChI is InChI=1S/C22H27F3N2O3/c1-26(2)11-12-27(16-18-7-6-8-19(15-18)22(23,24)25)21(28)17-29-13-14-30-20-9-4-3-5-10-20/h3-10,15H,11-14,16-17H2,1-2H3. The highest BCUT2D eigenvalue weighted by molar-refractivity contribution is 5.77. The van der Waals surface area contributed by atoms with E-state index in [0.29, 0.717) is 31.0 Å². The fourth-order valence-electron chi connectivity index (χ4n) is 2.66. The number of hydrogen-bond donors (Lipinski definition) is 0. The third-order valence-corrected chi connectivity index (χ3v) is 4.26. The van der Waals surface area contributed by atoms with Gasteiger partial charge in [-0.3, -0.25) is 4.79 Å². The van der Waals surface area contributed by atoms with Gasteiger partial charge in [0.25, 0.3) is 0 Å². The Morgan fingerprint density at radius 2 is 1.70 bits per heavy atom. The predicted octanol–water partition coefficient (Wildman–Crippen LogP) is 3.69. The lowest BCUT2D eigenvalue weighted by molar-refractivity contribution is -0.137. The van der Waals surface area contributed by atoms with E-state index in [0.717, 1.165) is 12.1 Å². The van der Waals surface area contributed by atoms with Gasteiger partial charge in [0.15, 0.2) is 0 Å². The molecule has 0 fully saturated rings. The Morgan fingerprint density at radius 1 is 0.967 bits per heavy atom. The molecule has 0 bridgehead atoms. The average Bonchev–Trinajstić information content (AvgIpc) is 2.71. The molecule has 2 rings (SSSR count). The van der Waals surface area contributed by atoms with E-state index in [1.54, 1.807) is 6.07 Å². The highest BCUT2D eigenvalue weighted by Gasteiger charge is 2.30. The Hall–Kier alpha value is -2.58. The van der Waals surface area contributed by atoms with Gasteiger partial charge in [-0.15, -0.1) is 0 Å². The summed E-state index contributed by atoms with van der Waals surface area (Å²) >= 11 is 0. The van der Waals surface area contributed by atoms with Crippen LogP contribution >= 0.6 is 0 Å². The fraction of sp³-hybridized carbons (Fsp3) is 0.409. The maximum atomic E-state index is 13.0. The number of para-hydroxylation sites is 1. The number of halogens is 3. The van der Waals surface area contributed by atoms with Crippen LogP contribution in [0.5, 0.6) is 5.75 Å². The van der Waals surface area contributed by atoms with E-state index in [1.807, 2.05) is 49.3 Å². The lowest BCUT2D eigenvalue weighted by atomic mass is 10.1. The van der Waals surface area contributed by atoms with E-state index >= 15 is 0 Å². The maximum absolute atomic E-state index is 13.0. The molecule has 0 radical (unpaired) electrons. The normalized spacial score (nSPS) is 11.5. The van der Waals surface area contributed by atoms with Gasteiger partial charge in [0.2, 0.25) is 5.91 Å². The first-order chi connectivity index (χ1) is 14.3. The predicted molar refractivity (Wildman–Crippen MR) is 108 cm³/mol. The van der Waals surface area contributed by atoms with Crippen molar-refractivity contribution in [3.63, 3.8) is 0 Å². The number of carbonyl (C=O) groups excluding carboxylic acids is 1. The molecule has 0 aliphatic carbocycles. The molecule has 0 aliphatic rings. The molecule has 164 valence electrons. The molecule has 0 unspecified atom stereocenters. The zero-order valence-electron chi connectivity index (χ0n) is 17.2. The van der Waals surface area contributed by atoms with Crippen molar-refractivity contribution in [3.05, 3.63) is 65.7 Å². The van der Waals surface area contributed by atoms with E-state index in [1.165, 1.54) is 11.0 Å². The monoisotopic (exact) mass is 424 g/mol. The van der Waals surface area contributed by atoms with Gasteiger partial charge in [-0.05, 0) is 43.9 Å². The van der Waals surface area contributed by atoms with Crippen LogP contribution in [-0.2, 0) is 22.3 Å². The second-order valence-corrected chi connectivity index (χ2v) is 7.03. The molecule has 0 atom stereocenters. The second-order valence-electron chi connectivity index (χ2n) is 7.03. The van der Waals surface area contributed by atoms with Gasteiger partial charge >= 0.3 is 6.18 Å². The Bertz CT molecular complexity index is 783. The number of alkyl halides is 3. The van der Waals surface area contributed by atoms with Crippen LogP contribution in [0.25, 0.3) is 0 Å². The van der Waals surface area contributed by atoms with Crippen molar-refractivity contribution in [2.45, 2.75) is 12.7 Å². The first kappa shape index (κ1) is 23.7. The molecule has 2 aromatic rings. The number of amides is 1. The van der Waals surface area contributed by atoms with Crippen LogP contribution in [0.3, 0.4) is 0 Å². The molecular weight excluding hydrogens is 397 g/mol. The molecule has 0 heterocycles. The minimum atomic E-state index is -4.42. The zero-order valence-corrected chi connectivity index (χ0v) is 17.2. The van der Waals surface area contributed by atoms with Crippen LogP contribution in [0.1, 0.15) is 11.1 Å². The van der Waals surface area contributed by atoms with E-state index in [9.17, 15) is 18.0 Å². The second kappa shape index (κ2) is 11.6. The van der Waals surface area contributed by atoms with E-state index < -0.39 is 11.7 Å². The number of nitrogens with zero attached hydrogens (tertiary/aromatic N) is 2. The van der Waals surface area contributed by atoms with E-state index in [4.69, 9.17) is 9.47 Å². The van der Waals surface area contributed by atoms with E-state index in [-0.39, 0.29) is 25.7 Å². The maximum Gasteiger partial charge on any atom is 0.416 e. The van der Waals surface area contributed by atoms with Crippen molar-refractivity contribution in [1.29, 1.82) is 0 Å². The summed E-state index contributed by atoms with van der Waals surface area (Å²) in [7, 11) is 3.73. The molecule has 0 saturated heterocycles. The van der Waals surface area contributed by atoms with Crippen molar-refractivity contribution < 1.29 is 27.4 Å². The first-order valence-electron chi connectivity index (χ1n) is 9.60. The van der Waals surface area contributed by atoms with E-state index in [2.05, 4.69) is 0 Å². The van der Waals surface area contributed by atoms with Gasteiger partial charge in [0.1, 0.15) is 19.0 Å². The summed E-state index contributed by atoms with van der Waals surface area (Å²) in [5, 5.41) is 0. The molecule has 0 spiro atoms. The summed E-state index contributed by atoms with van der Waals surface area (Å²) < 4.78 is 49.8. The third kappa shape index (κ3) is 8.42. The molecule has 30 heavy (non-hydrogen) atoms. The summed E-state index contributed by atoms with van der Waals surface area (Å²) in [4.78, 5) is 16.0. The van der Waals surface area contributed by atoms with Crippen LogP contribution in [0.4, 0.5) is 13.2 Å². The summed E-state index contributed by atoms with van der Waals surface area (Å²) in [6, 6.07) is 14.3. The van der Waals surface area contributed by atoms with Crippen molar-refractivity contribution in [1.82, 2.24) is 9.80 Å². The fourth-order valence-corrected chi connectivity index (χ4v) is 2.66.